The normalized spacial score (nSPS) is 21.7. The minimum absolute atomic E-state index is 0. The number of aliphatic hydroxyl groups excluding tert-OH is 3. The number of nitrogen functional groups attached to an aromatic ring is 3. The molecular weight excluding hydrogens is 962 g/mol. The fourth-order valence-electron chi connectivity index (χ4n) is 10.5. The number of carboxylic acids is 1. The summed E-state index contributed by atoms with van der Waals surface area (Å²) in [4.78, 5) is 36.9. The second-order valence-electron chi connectivity index (χ2n) is 19.2. The molecule has 14 N–H and O–H groups in total. The van der Waals surface area contributed by atoms with Crippen LogP contribution in [0, 0.1) is 17.5 Å². The van der Waals surface area contributed by atoms with E-state index in [1.165, 1.54) is 45.8 Å². The zero-order valence-electron chi connectivity index (χ0n) is 39.9. The first-order chi connectivity index (χ1) is 35.0. The van der Waals surface area contributed by atoms with Crippen molar-refractivity contribution in [1.82, 2.24) is 29.8 Å². The van der Waals surface area contributed by atoms with Gasteiger partial charge in [0.25, 0.3) is 11.8 Å². The quantitative estimate of drug-likeness (QED) is 0.102. The number of hydrogen-bond donors (Lipinski definition) is 11. The second-order valence-corrected chi connectivity index (χ2v) is 19.2. The van der Waals surface area contributed by atoms with Crippen LogP contribution >= 0.6 is 0 Å². The number of aliphatic carboxylic acids is 1. The smallest absolute Gasteiger partial charge is 0.311 e. The van der Waals surface area contributed by atoms with Gasteiger partial charge in [0, 0.05) is 78.3 Å². The molecular formula is C52H63F3N12O7. The number of aliphatic hydroxyl groups is 3. The number of aromatic nitrogens is 6. The Morgan fingerprint density at radius 3 is 1.35 bits per heavy atom. The van der Waals surface area contributed by atoms with Gasteiger partial charge >= 0.3 is 5.97 Å². The standard InChI is InChI=1S/2C17H19FN4O2.C10H10FNO2.C7H11N3O.CH4/c2*18-9-1-4-14-13(7-9)11(5-6-20-14)17(24)22-16(19)12-3-2-10(23)8-15(12)21-22;11-6-1-2-9-8(5-6)7(10(13)14)3-4-12-9;8-7-5-2-1-4(11)3-6(5)9-10-7;/h2*1,4,7,10-11,20,23H,2-3,5-6,8,19H2;1-2,5,7,12H,3-4H2,(H,13,14);4,11H,1-3H2,(H3,8,9,10);1H4/t10-,11+;10-,11-;;4-;/m00.0./s1. The first-order valence-electron chi connectivity index (χ1n) is 24.5. The number of carbonyl (C=O) groups excluding carboxylic acids is 2. The van der Waals surface area contributed by atoms with Crippen LogP contribution in [0.15, 0.2) is 54.6 Å². The molecule has 3 aromatic carbocycles. The van der Waals surface area contributed by atoms with Gasteiger partial charge in [0.2, 0.25) is 0 Å². The minimum atomic E-state index is -0.890. The number of nitrogens with zero attached hydrogens (tertiary/aromatic N) is 5. The molecule has 0 amide bonds. The Balaban J connectivity index is 0.000000137. The van der Waals surface area contributed by atoms with Crippen LogP contribution in [0.3, 0.4) is 0 Å². The second kappa shape index (κ2) is 22.4. The molecule has 6 aliphatic rings. The number of halogens is 3. The summed E-state index contributed by atoms with van der Waals surface area (Å²) in [5.41, 5.74) is 27.1. The molecule has 1 unspecified atom stereocenters. The first kappa shape index (κ1) is 52.9. The van der Waals surface area contributed by atoms with Crippen LogP contribution in [0.1, 0.15) is 124 Å². The lowest BCUT2D eigenvalue weighted by Crippen LogP contribution is -2.28. The van der Waals surface area contributed by atoms with Gasteiger partial charge in [-0.25, -0.2) is 13.2 Å². The lowest BCUT2D eigenvalue weighted by molar-refractivity contribution is -0.139. The lowest BCUT2D eigenvalue weighted by atomic mass is 9.90. The molecule has 6 heterocycles. The zero-order valence-corrected chi connectivity index (χ0v) is 39.9. The van der Waals surface area contributed by atoms with Gasteiger partial charge in [-0.2, -0.15) is 24.7 Å². The molecule has 0 fully saturated rings. The van der Waals surface area contributed by atoms with Crippen LogP contribution in [0.2, 0.25) is 0 Å². The summed E-state index contributed by atoms with van der Waals surface area (Å²) >= 11 is 0. The number of carboxylic acid groups (broad SMARTS) is 1. The Bertz CT molecular complexity index is 2910. The zero-order chi connectivity index (χ0) is 51.7. The Morgan fingerprint density at radius 1 is 0.554 bits per heavy atom. The van der Waals surface area contributed by atoms with Gasteiger partial charge in [-0.15, -0.1) is 0 Å². The number of rotatable bonds is 3. The molecule has 22 heteroatoms. The van der Waals surface area contributed by atoms with E-state index in [0.717, 1.165) is 52.3 Å². The maximum atomic E-state index is 13.6. The number of aromatic amines is 1. The van der Waals surface area contributed by atoms with E-state index in [9.17, 15) is 42.9 Å². The predicted molar refractivity (Wildman–Crippen MR) is 273 cm³/mol. The maximum absolute atomic E-state index is 13.6. The minimum Gasteiger partial charge on any atom is -0.481 e. The van der Waals surface area contributed by atoms with Crippen LogP contribution in [0.25, 0.3) is 0 Å². The topological polar surface area (TPSA) is 311 Å². The number of nitrogens with one attached hydrogen (secondary N) is 4. The predicted octanol–water partition coefficient (Wildman–Crippen LogP) is 5.67. The van der Waals surface area contributed by atoms with E-state index in [1.807, 2.05) is 0 Å². The molecule has 0 radical (unpaired) electrons. The molecule has 0 saturated heterocycles. The number of fused-ring (bicyclic) bond motifs is 6. The molecule has 0 saturated carbocycles. The van der Waals surface area contributed by atoms with E-state index in [4.69, 9.17) is 22.3 Å². The average molecular weight is 1030 g/mol. The van der Waals surface area contributed by atoms with Crippen LogP contribution < -0.4 is 33.2 Å². The van der Waals surface area contributed by atoms with Crippen molar-refractivity contribution in [3.8, 4) is 0 Å². The molecule has 6 aromatic rings. The number of benzene rings is 3. The summed E-state index contributed by atoms with van der Waals surface area (Å²) < 4.78 is 42.7. The molecule has 12 rings (SSSR count). The Kier molecular flexibility index (Phi) is 16.0. The van der Waals surface area contributed by atoms with E-state index in [1.54, 1.807) is 18.2 Å². The number of carbonyl (C=O) groups is 3. The van der Waals surface area contributed by atoms with Gasteiger partial charge in [-0.3, -0.25) is 19.5 Å². The van der Waals surface area contributed by atoms with Crippen molar-refractivity contribution < 1.29 is 48.0 Å². The number of hydrogen-bond acceptors (Lipinski definition) is 15. The van der Waals surface area contributed by atoms with Gasteiger partial charge in [0.05, 0.1) is 47.5 Å². The molecule has 3 aliphatic carbocycles. The third kappa shape index (κ3) is 11.1. The van der Waals surface area contributed by atoms with Crippen molar-refractivity contribution in [2.75, 3.05) is 52.8 Å². The highest BCUT2D eigenvalue weighted by molar-refractivity contribution is 5.91. The molecule has 74 heavy (non-hydrogen) atoms. The van der Waals surface area contributed by atoms with Gasteiger partial charge in [-0.1, -0.05) is 7.43 Å². The van der Waals surface area contributed by atoms with E-state index in [0.29, 0.717) is 129 Å². The van der Waals surface area contributed by atoms with Crippen LogP contribution in [0.4, 0.5) is 47.7 Å². The summed E-state index contributed by atoms with van der Waals surface area (Å²) in [6.07, 6.45) is 6.14. The Labute approximate surface area is 424 Å². The summed E-state index contributed by atoms with van der Waals surface area (Å²) in [5.74, 6) is -2.77. The first-order valence-corrected chi connectivity index (χ1v) is 24.5. The van der Waals surface area contributed by atoms with E-state index in [2.05, 4.69) is 36.3 Å². The fraction of sp³-hybridized carbons (Fsp3) is 0.423. The Morgan fingerprint density at radius 2 is 0.932 bits per heavy atom. The van der Waals surface area contributed by atoms with Crippen LogP contribution in [0.5, 0.6) is 0 Å². The monoisotopic (exact) mass is 1020 g/mol. The molecule has 3 aliphatic heterocycles. The highest BCUT2D eigenvalue weighted by Crippen LogP contribution is 2.38. The van der Waals surface area contributed by atoms with Crippen molar-refractivity contribution in [3.63, 3.8) is 0 Å². The molecule has 0 spiro atoms. The van der Waals surface area contributed by atoms with Gasteiger partial charge in [0.15, 0.2) is 0 Å². The molecule has 0 bridgehead atoms. The fourth-order valence-corrected chi connectivity index (χ4v) is 10.5. The highest BCUT2D eigenvalue weighted by atomic mass is 19.1. The third-order valence-electron chi connectivity index (χ3n) is 14.4. The highest BCUT2D eigenvalue weighted by Gasteiger charge is 2.35. The summed E-state index contributed by atoms with van der Waals surface area (Å²) in [7, 11) is 0. The average Bonchev–Trinajstić information content (AvgIpc) is 4.03. The van der Waals surface area contributed by atoms with Crippen molar-refractivity contribution in [1.29, 1.82) is 0 Å². The van der Waals surface area contributed by atoms with E-state index >= 15 is 0 Å². The number of anilines is 6. The third-order valence-corrected chi connectivity index (χ3v) is 14.4. The summed E-state index contributed by atoms with van der Waals surface area (Å²) in [6, 6.07) is 13.1. The van der Waals surface area contributed by atoms with Gasteiger partial charge in [0.1, 0.15) is 34.9 Å². The van der Waals surface area contributed by atoms with E-state index in [-0.39, 0.29) is 37.0 Å². The van der Waals surface area contributed by atoms with Crippen LogP contribution in [-0.2, 0) is 43.3 Å². The van der Waals surface area contributed by atoms with Crippen molar-refractivity contribution in [3.05, 3.63) is 123 Å². The molecule has 19 nitrogen and oxygen atoms in total. The maximum Gasteiger partial charge on any atom is 0.311 e. The summed E-state index contributed by atoms with van der Waals surface area (Å²) in [5, 5.41) is 62.5. The number of H-pyrrole nitrogens is 1. The largest absolute Gasteiger partial charge is 0.481 e. The molecule has 6 atom stereocenters. The SMILES string of the molecule is C.Nc1c2c(nn1C(=O)[C@@H]1CCNc3ccc(F)cc31)C[C@@H](O)CC2.Nc1c2c(nn1C(=O)[C@H]1CCNc3ccc(F)cc31)C[C@@H](O)CC2.Nc1n[nH]c2c1CC[C@H](O)C2.O=C(O)C1CCNc2ccc(F)cc21. The van der Waals surface area contributed by atoms with Crippen molar-refractivity contribution in [2.45, 2.75) is 121 Å². The van der Waals surface area contributed by atoms with Gasteiger partial charge < -0.3 is 53.6 Å². The van der Waals surface area contributed by atoms with Crippen molar-refractivity contribution in [2.24, 2.45) is 0 Å². The molecule has 394 valence electrons. The lowest BCUT2D eigenvalue weighted by Gasteiger charge is -2.25. The van der Waals surface area contributed by atoms with E-state index < -0.39 is 41.7 Å². The van der Waals surface area contributed by atoms with Gasteiger partial charge in [-0.05, 0) is 129 Å². The summed E-state index contributed by atoms with van der Waals surface area (Å²) in [6.45, 7) is 1.89. The number of nitrogens with two attached hydrogens (primary N) is 3. The van der Waals surface area contributed by atoms with Crippen molar-refractivity contribution >= 4 is 52.3 Å². The Hall–Kier alpha value is -7.43. The van der Waals surface area contributed by atoms with Crippen LogP contribution in [-0.4, -0.2) is 106 Å². The molecule has 3 aromatic heterocycles.